The Bertz CT molecular complexity index is 845. The summed E-state index contributed by atoms with van der Waals surface area (Å²) in [5, 5.41) is 2.80. The first kappa shape index (κ1) is 21.6. The number of aromatic nitrogens is 2. The van der Waals surface area contributed by atoms with Crippen molar-refractivity contribution in [1.29, 1.82) is 0 Å². The fourth-order valence-corrected chi connectivity index (χ4v) is 3.71. The van der Waals surface area contributed by atoms with Crippen LogP contribution in [0.2, 0.25) is 0 Å². The van der Waals surface area contributed by atoms with E-state index in [1.165, 1.54) is 6.92 Å². The van der Waals surface area contributed by atoms with Gasteiger partial charge in [-0.1, -0.05) is 11.3 Å². The lowest BCUT2D eigenvalue weighted by Crippen LogP contribution is -2.50. The Morgan fingerprint density at radius 1 is 1.31 bits per heavy atom. The lowest BCUT2D eigenvalue weighted by Gasteiger charge is -2.40. The van der Waals surface area contributed by atoms with Crippen LogP contribution in [-0.2, 0) is 9.53 Å². The molecule has 160 valence electrons. The van der Waals surface area contributed by atoms with E-state index >= 15 is 0 Å². The number of hydrogen-bond acceptors (Lipinski definition) is 7. The van der Waals surface area contributed by atoms with Crippen molar-refractivity contribution >= 4 is 27.6 Å². The molecule has 7 nitrogen and oxygen atoms in total. The van der Waals surface area contributed by atoms with Gasteiger partial charge < -0.3 is 19.5 Å². The van der Waals surface area contributed by atoms with E-state index in [-0.39, 0.29) is 48.6 Å². The molecule has 0 radical (unpaired) electrons. The predicted molar refractivity (Wildman–Crippen MR) is 101 cm³/mol. The summed E-state index contributed by atoms with van der Waals surface area (Å²) in [6, 6.07) is 3.03. The third-order valence-corrected chi connectivity index (χ3v) is 5.12. The average molecular weight is 433 g/mol. The van der Waals surface area contributed by atoms with Gasteiger partial charge in [-0.25, -0.2) is 23.1 Å². The van der Waals surface area contributed by atoms with E-state index in [9.17, 15) is 18.0 Å². The summed E-state index contributed by atoms with van der Waals surface area (Å²) in [6.45, 7) is 2.66. The highest BCUT2D eigenvalue weighted by atomic mass is 32.1. The number of nitrogens with zero attached hydrogens (tertiary/aromatic N) is 2. The highest BCUT2D eigenvalue weighted by Crippen LogP contribution is 2.39. The molecular formula is C18H22F3N3O4S. The van der Waals surface area contributed by atoms with E-state index in [1.54, 1.807) is 12.1 Å². The van der Waals surface area contributed by atoms with Crippen LogP contribution < -0.4 is 14.8 Å². The Hall–Kier alpha value is -2.14. The van der Waals surface area contributed by atoms with Crippen molar-refractivity contribution in [2.75, 3.05) is 19.8 Å². The normalized spacial score (nSPS) is 22.3. The maximum absolute atomic E-state index is 14.7. The standard InChI is InChI=1S/C18H22F3N3O4S/c1-10(22-11(2)25)7-26-12-5-18(21,6-12)9-28-15-4-3-13-16(24-15)29-17(23-13)27-8-14(19)20/h3-4,10,12,14H,5-9H2,1-2H3,(H,22,25)/t10-,12?,18?/m0/s1. The second-order valence-corrected chi connectivity index (χ2v) is 8.00. The number of nitrogens with one attached hydrogen (secondary N) is 1. The molecule has 1 N–H and O–H groups in total. The minimum Gasteiger partial charge on any atom is -0.474 e. The number of hydrogen-bond donors (Lipinski definition) is 1. The smallest absolute Gasteiger partial charge is 0.276 e. The monoisotopic (exact) mass is 433 g/mol. The first-order valence-electron chi connectivity index (χ1n) is 9.11. The van der Waals surface area contributed by atoms with Gasteiger partial charge in [0, 0.05) is 31.9 Å². The Kier molecular flexibility index (Phi) is 6.78. The van der Waals surface area contributed by atoms with Gasteiger partial charge in [-0.15, -0.1) is 0 Å². The molecule has 2 aromatic heterocycles. The van der Waals surface area contributed by atoms with Gasteiger partial charge in [-0.05, 0) is 13.0 Å². The second kappa shape index (κ2) is 9.12. The molecule has 2 heterocycles. The predicted octanol–water partition coefficient (Wildman–Crippen LogP) is 3.13. The van der Waals surface area contributed by atoms with Crippen molar-refractivity contribution < 1.29 is 32.2 Å². The van der Waals surface area contributed by atoms with Crippen molar-refractivity contribution in [1.82, 2.24) is 15.3 Å². The number of amides is 1. The first-order valence-corrected chi connectivity index (χ1v) is 9.93. The number of fused-ring (bicyclic) bond motifs is 1. The lowest BCUT2D eigenvalue weighted by atomic mass is 9.79. The number of rotatable bonds is 10. The third-order valence-electron chi connectivity index (χ3n) is 4.24. The summed E-state index contributed by atoms with van der Waals surface area (Å²) in [7, 11) is 0. The van der Waals surface area contributed by atoms with Gasteiger partial charge in [0.15, 0.2) is 11.4 Å². The summed E-state index contributed by atoms with van der Waals surface area (Å²) in [5.74, 6) is 0.0864. The topological polar surface area (TPSA) is 82.6 Å². The van der Waals surface area contributed by atoms with Gasteiger partial charge in [-0.2, -0.15) is 0 Å². The summed E-state index contributed by atoms with van der Waals surface area (Å²) in [6.07, 6.45) is -2.40. The second-order valence-electron chi connectivity index (χ2n) is 7.06. The van der Waals surface area contributed by atoms with E-state index in [4.69, 9.17) is 14.2 Å². The molecule has 3 rings (SSSR count). The van der Waals surface area contributed by atoms with Crippen molar-refractivity contribution in [3.8, 4) is 11.1 Å². The van der Waals surface area contributed by atoms with E-state index in [0.29, 0.717) is 17.0 Å². The van der Waals surface area contributed by atoms with Crippen molar-refractivity contribution in [2.24, 2.45) is 0 Å². The Balaban J connectivity index is 1.45. The number of pyridine rings is 1. The summed E-state index contributed by atoms with van der Waals surface area (Å²) < 4.78 is 55.0. The van der Waals surface area contributed by atoms with Crippen molar-refractivity contribution in [3.05, 3.63) is 12.1 Å². The van der Waals surface area contributed by atoms with Crippen LogP contribution in [-0.4, -0.2) is 59.9 Å². The fraction of sp³-hybridized carbons (Fsp3) is 0.611. The number of ether oxygens (including phenoxy) is 3. The minimum atomic E-state index is -2.58. The van der Waals surface area contributed by atoms with Gasteiger partial charge in [-0.3, -0.25) is 4.79 Å². The molecule has 0 aliphatic heterocycles. The molecule has 1 saturated carbocycles. The molecule has 0 aromatic carbocycles. The third kappa shape index (κ3) is 6.17. The molecule has 0 unspecified atom stereocenters. The zero-order valence-corrected chi connectivity index (χ0v) is 16.8. The number of carbonyl (C=O) groups excluding carboxylic acids is 1. The van der Waals surface area contributed by atoms with E-state index in [0.717, 1.165) is 11.3 Å². The Morgan fingerprint density at radius 2 is 2.07 bits per heavy atom. The molecule has 0 spiro atoms. The van der Waals surface area contributed by atoms with Gasteiger partial charge >= 0.3 is 0 Å². The molecule has 1 amide bonds. The van der Waals surface area contributed by atoms with Crippen molar-refractivity contribution in [2.45, 2.75) is 50.9 Å². The van der Waals surface area contributed by atoms with Gasteiger partial charge in [0.05, 0.1) is 12.7 Å². The Labute approximate surface area is 169 Å². The van der Waals surface area contributed by atoms with Gasteiger partial charge in [0.2, 0.25) is 11.8 Å². The lowest BCUT2D eigenvalue weighted by molar-refractivity contribution is -0.125. The van der Waals surface area contributed by atoms with Crippen LogP contribution in [0, 0.1) is 0 Å². The van der Waals surface area contributed by atoms with E-state index in [1.807, 2.05) is 6.92 Å². The number of carbonyl (C=O) groups is 1. The highest BCUT2D eigenvalue weighted by molar-refractivity contribution is 7.19. The highest BCUT2D eigenvalue weighted by Gasteiger charge is 2.46. The van der Waals surface area contributed by atoms with Crippen LogP contribution >= 0.6 is 11.3 Å². The maximum Gasteiger partial charge on any atom is 0.276 e. The maximum atomic E-state index is 14.7. The molecule has 0 bridgehead atoms. The average Bonchev–Trinajstić information content (AvgIpc) is 3.02. The molecule has 29 heavy (non-hydrogen) atoms. The first-order chi connectivity index (χ1) is 13.7. The number of halogens is 3. The zero-order valence-electron chi connectivity index (χ0n) is 16.0. The van der Waals surface area contributed by atoms with Crippen LogP contribution in [0.5, 0.6) is 11.1 Å². The SMILES string of the molecule is CC(=O)N[C@@H](C)COC1CC(F)(COc2ccc3nc(OCC(F)F)sc3n2)C1. The van der Waals surface area contributed by atoms with Gasteiger partial charge in [0.25, 0.3) is 11.6 Å². The van der Waals surface area contributed by atoms with Crippen LogP contribution in [0.25, 0.3) is 10.3 Å². The zero-order chi connectivity index (χ0) is 21.0. The molecule has 1 aliphatic carbocycles. The molecular weight excluding hydrogens is 411 g/mol. The molecule has 11 heteroatoms. The van der Waals surface area contributed by atoms with Crippen LogP contribution in [0.1, 0.15) is 26.7 Å². The van der Waals surface area contributed by atoms with E-state index < -0.39 is 18.7 Å². The largest absolute Gasteiger partial charge is 0.474 e. The number of thiazole rings is 1. The quantitative estimate of drug-likeness (QED) is 0.620. The number of alkyl halides is 3. The molecule has 2 aromatic rings. The minimum absolute atomic E-state index is 0.0967. The van der Waals surface area contributed by atoms with Gasteiger partial charge in [0.1, 0.15) is 17.8 Å². The fourth-order valence-electron chi connectivity index (χ4n) is 2.92. The Morgan fingerprint density at radius 3 is 2.76 bits per heavy atom. The molecule has 1 aliphatic rings. The molecule has 1 fully saturated rings. The molecule has 1 atom stereocenters. The summed E-state index contributed by atoms with van der Waals surface area (Å²) in [4.78, 5) is 19.7. The van der Waals surface area contributed by atoms with Crippen LogP contribution in [0.3, 0.4) is 0 Å². The summed E-state index contributed by atoms with van der Waals surface area (Å²) in [5.41, 5.74) is -1.01. The van der Waals surface area contributed by atoms with Crippen LogP contribution in [0.4, 0.5) is 13.2 Å². The van der Waals surface area contributed by atoms with Crippen LogP contribution in [0.15, 0.2) is 12.1 Å². The molecule has 0 saturated heterocycles. The summed E-state index contributed by atoms with van der Waals surface area (Å²) >= 11 is 1.02. The van der Waals surface area contributed by atoms with E-state index in [2.05, 4.69) is 15.3 Å². The van der Waals surface area contributed by atoms with Crippen molar-refractivity contribution in [3.63, 3.8) is 0 Å².